The van der Waals surface area contributed by atoms with Gasteiger partial charge in [-0.25, -0.2) is 4.79 Å². The molecule has 0 radical (unpaired) electrons. The summed E-state index contributed by atoms with van der Waals surface area (Å²) < 4.78 is 4.83. The predicted octanol–water partition coefficient (Wildman–Crippen LogP) is 1.35. The molecule has 0 atom stereocenters. The molecular formula is C9H11NO3. The summed E-state index contributed by atoms with van der Waals surface area (Å²) in [4.78, 5) is 14.9. The van der Waals surface area contributed by atoms with Crippen molar-refractivity contribution in [1.29, 1.82) is 0 Å². The van der Waals surface area contributed by atoms with Crippen molar-refractivity contribution in [3.63, 3.8) is 0 Å². The van der Waals surface area contributed by atoms with E-state index in [0.29, 0.717) is 6.61 Å². The largest absolute Gasteiger partial charge is 0.505 e. The van der Waals surface area contributed by atoms with Gasteiger partial charge in [0.15, 0.2) is 0 Å². The van der Waals surface area contributed by atoms with Crippen molar-refractivity contribution in [2.24, 2.45) is 0 Å². The number of aromatic hydroxyl groups is 1. The first-order chi connectivity index (χ1) is 6.25. The Hall–Kier alpha value is -1.58. The maximum absolute atomic E-state index is 11.2. The third kappa shape index (κ3) is 2.43. The topological polar surface area (TPSA) is 59.4 Å². The van der Waals surface area contributed by atoms with E-state index in [2.05, 4.69) is 4.98 Å². The first kappa shape index (κ1) is 9.51. The van der Waals surface area contributed by atoms with Crippen LogP contribution in [0.4, 0.5) is 0 Å². The fraction of sp³-hybridized carbons (Fsp3) is 0.333. The molecular weight excluding hydrogens is 170 g/mol. The average Bonchev–Trinajstić information content (AvgIpc) is 2.15. The molecule has 0 saturated heterocycles. The molecule has 1 aromatic rings. The van der Waals surface area contributed by atoms with Gasteiger partial charge >= 0.3 is 5.97 Å². The van der Waals surface area contributed by atoms with Crippen LogP contribution in [-0.2, 0) is 4.74 Å². The fourth-order valence-electron chi connectivity index (χ4n) is 0.831. The van der Waals surface area contributed by atoms with Crippen molar-refractivity contribution in [2.75, 3.05) is 6.61 Å². The molecule has 1 rings (SSSR count). The van der Waals surface area contributed by atoms with Crippen LogP contribution in [0.1, 0.15) is 23.7 Å². The quantitative estimate of drug-likeness (QED) is 0.715. The van der Waals surface area contributed by atoms with Crippen molar-refractivity contribution in [3.8, 4) is 5.75 Å². The highest BCUT2D eigenvalue weighted by atomic mass is 16.5. The number of nitrogens with zero attached hydrogens (tertiary/aromatic N) is 1. The highest BCUT2D eigenvalue weighted by molar-refractivity contribution is 5.92. The Labute approximate surface area is 76.2 Å². The molecule has 70 valence electrons. The molecule has 0 aliphatic heterocycles. The van der Waals surface area contributed by atoms with E-state index in [4.69, 9.17) is 4.74 Å². The Morgan fingerprint density at radius 3 is 3.08 bits per heavy atom. The third-order valence-electron chi connectivity index (χ3n) is 1.46. The second-order valence-electron chi connectivity index (χ2n) is 2.53. The van der Waals surface area contributed by atoms with Crippen LogP contribution in [-0.4, -0.2) is 22.7 Å². The van der Waals surface area contributed by atoms with Crippen molar-refractivity contribution in [1.82, 2.24) is 4.98 Å². The standard InChI is InChI=1S/C9H11NO3/c1-2-5-13-9(12)7-3-4-10-6-8(7)11/h3-4,6,11H,2,5H2,1H3. The molecule has 0 unspecified atom stereocenters. The zero-order valence-corrected chi connectivity index (χ0v) is 7.36. The predicted molar refractivity (Wildman–Crippen MR) is 46.5 cm³/mol. The van der Waals surface area contributed by atoms with Crippen LogP contribution in [0.15, 0.2) is 18.5 Å². The first-order valence-corrected chi connectivity index (χ1v) is 4.05. The minimum absolute atomic E-state index is 0.149. The van der Waals surface area contributed by atoms with Crippen LogP contribution in [0.5, 0.6) is 5.75 Å². The number of ether oxygens (including phenoxy) is 1. The molecule has 0 aliphatic rings. The zero-order valence-electron chi connectivity index (χ0n) is 7.36. The van der Waals surface area contributed by atoms with Gasteiger partial charge < -0.3 is 9.84 Å². The molecule has 4 heteroatoms. The maximum atomic E-state index is 11.2. The van der Waals surface area contributed by atoms with Crippen LogP contribution in [0, 0.1) is 0 Å². The number of carbonyl (C=O) groups excluding carboxylic acids is 1. The maximum Gasteiger partial charge on any atom is 0.342 e. The number of carbonyl (C=O) groups is 1. The normalized spacial score (nSPS) is 9.62. The third-order valence-corrected chi connectivity index (χ3v) is 1.46. The van der Waals surface area contributed by atoms with Gasteiger partial charge in [-0.3, -0.25) is 4.98 Å². The lowest BCUT2D eigenvalue weighted by molar-refractivity contribution is 0.0501. The zero-order chi connectivity index (χ0) is 9.68. The minimum atomic E-state index is -0.512. The lowest BCUT2D eigenvalue weighted by Gasteiger charge is -2.03. The van der Waals surface area contributed by atoms with Gasteiger partial charge in [0.1, 0.15) is 11.3 Å². The number of aromatic nitrogens is 1. The van der Waals surface area contributed by atoms with Crippen LogP contribution in [0.2, 0.25) is 0 Å². The van der Waals surface area contributed by atoms with E-state index in [0.717, 1.165) is 6.42 Å². The van der Waals surface area contributed by atoms with Gasteiger partial charge in [-0.1, -0.05) is 6.92 Å². The summed E-state index contributed by atoms with van der Waals surface area (Å²) in [7, 11) is 0. The van der Waals surface area contributed by atoms with Gasteiger partial charge in [0.05, 0.1) is 12.8 Å². The van der Waals surface area contributed by atoms with Gasteiger partial charge in [0, 0.05) is 6.20 Å². The monoisotopic (exact) mass is 181 g/mol. The van der Waals surface area contributed by atoms with Crippen molar-refractivity contribution in [2.45, 2.75) is 13.3 Å². The first-order valence-electron chi connectivity index (χ1n) is 4.05. The van der Waals surface area contributed by atoms with E-state index >= 15 is 0 Å². The van der Waals surface area contributed by atoms with E-state index in [1.54, 1.807) is 0 Å². The average molecular weight is 181 g/mol. The van der Waals surface area contributed by atoms with Crippen LogP contribution in [0.3, 0.4) is 0 Å². The van der Waals surface area contributed by atoms with Gasteiger partial charge in [-0.05, 0) is 12.5 Å². The second kappa shape index (κ2) is 4.45. The number of rotatable bonds is 3. The Morgan fingerprint density at radius 2 is 2.46 bits per heavy atom. The van der Waals surface area contributed by atoms with E-state index in [9.17, 15) is 9.90 Å². The second-order valence-corrected chi connectivity index (χ2v) is 2.53. The smallest absolute Gasteiger partial charge is 0.342 e. The molecule has 1 heterocycles. The molecule has 4 nitrogen and oxygen atoms in total. The lowest BCUT2D eigenvalue weighted by Crippen LogP contribution is -2.06. The van der Waals surface area contributed by atoms with Crippen molar-refractivity contribution >= 4 is 5.97 Å². The summed E-state index contributed by atoms with van der Waals surface area (Å²) in [6.45, 7) is 2.26. The molecule has 0 aliphatic carbocycles. The summed E-state index contributed by atoms with van der Waals surface area (Å²) in [5.41, 5.74) is 0.156. The van der Waals surface area contributed by atoms with Gasteiger partial charge in [-0.15, -0.1) is 0 Å². The van der Waals surface area contributed by atoms with Gasteiger partial charge in [0.2, 0.25) is 0 Å². The molecule has 0 saturated carbocycles. The Bertz CT molecular complexity index is 299. The SMILES string of the molecule is CCCOC(=O)c1ccncc1O. The Morgan fingerprint density at radius 1 is 1.69 bits per heavy atom. The molecule has 13 heavy (non-hydrogen) atoms. The molecule has 0 fully saturated rings. The summed E-state index contributed by atoms with van der Waals surface area (Å²) >= 11 is 0. The summed E-state index contributed by atoms with van der Waals surface area (Å²) in [6.07, 6.45) is 3.41. The van der Waals surface area contributed by atoms with Crippen LogP contribution >= 0.6 is 0 Å². The number of hydrogen-bond acceptors (Lipinski definition) is 4. The van der Waals surface area contributed by atoms with E-state index in [1.807, 2.05) is 6.92 Å². The Kier molecular flexibility index (Phi) is 3.25. The minimum Gasteiger partial charge on any atom is -0.505 e. The fourth-order valence-corrected chi connectivity index (χ4v) is 0.831. The number of pyridine rings is 1. The lowest BCUT2D eigenvalue weighted by atomic mass is 10.2. The molecule has 0 aromatic carbocycles. The molecule has 0 spiro atoms. The van der Waals surface area contributed by atoms with Crippen LogP contribution < -0.4 is 0 Å². The van der Waals surface area contributed by atoms with E-state index < -0.39 is 5.97 Å². The highest BCUT2D eigenvalue weighted by Crippen LogP contribution is 2.14. The molecule has 1 aromatic heterocycles. The number of hydrogen-bond donors (Lipinski definition) is 1. The van der Waals surface area contributed by atoms with E-state index in [-0.39, 0.29) is 11.3 Å². The van der Waals surface area contributed by atoms with Gasteiger partial charge in [-0.2, -0.15) is 0 Å². The van der Waals surface area contributed by atoms with Crippen molar-refractivity contribution < 1.29 is 14.6 Å². The summed E-state index contributed by atoms with van der Waals surface area (Å²) in [6, 6.07) is 1.42. The Balaban J connectivity index is 2.71. The molecule has 1 N–H and O–H groups in total. The molecule has 0 amide bonds. The van der Waals surface area contributed by atoms with Crippen molar-refractivity contribution in [3.05, 3.63) is 24.0 Å². The highest BCUT2D eigenvalue weighted by Gasteiger charge is 2.10. The molecule has 0 bridgehead atoms. The number of esters is 1. The van der Waals surface area contributed by atoms with Gasteiger partial charge in [0.25, 0.3) is 0 Å². The summed E-state index contributed by atoms with van der Waals surface area (Å²) in [5.74, 6) is -0.662. The summed E-state index contributed by atoms with van der Waals surface area (Å²) in [5, 5.41) is 9.22. The van der Waals surface area contributed by atoms with E-state index in [1.165, 1.54) is 18.5 Å². The van der Waals surface area contributed by atoms with Crippen LogP contribution in [0.25, 0.3) is 0 Å².